The molecule has 3 aromatic rings. The molecule has 0 fully saturated rings. The molecule has 0 saturated carbocycles. The van der Waals surface area contributed by atoms with Crippen molar-refractivity contribution in [2.75, 3.05) is 17.2 Å². The standard InChI is InChI=1S/C22H18F4N4O2.2ClH/c23-13-3-1-4-14(24)19(13)20-15(25)7-6-12(21(20)26)22(32)30-17-11-28-10-8-16(17)29-18(31)5-2-9-27;;/h1,3-4,6-8,10-11H,2,5,9,27H2,(H,30,32)(H,28,29,31);2*1H. The Morgan fingerprint density at radius 2 is 1.50 bits per heavy atom. The van der Waals surface area contributed by atoms with E-state index in [0.29, 0.717) is 13.0 Å². The van der Waals surface area contributed by atoms with Crippen molar-refractivity contribution in [1.82, 2.24) is 4.98 Å². The molecule has 0 aliphatic carbocycles. The number of nitrogens with two attached hydrogens (primary N) is 1. The van der Waals surface area contributed by atoms with Crippen molar-refractivity contribution in [1.29, 1.82) is 0 Å². The van der Waals surface area contributed by atoms with Crippen molar-refractivity contribution in [2.45, 2.75) is 12.8 Å². The molecule has 3 rings (SSSR count). The molecule has 0 aliphatic rings. The molecule has 0 radical (unpaired) electrons. The number of nitrogens with one attached hydrogen (secondary N) is 2. The second kappa shape index (κ2) is 12.9. The molecule has 0 spiro atoms. The van der Waals surface area contributed by atoms with E-state index in [0.717, 1.165) is 30.3 Å². The van der Waals surface area contributed by atoms with Crippen LogP contribution in [0.2, 0.25) is 0 Å². The molecule has 0 bridgehead atoms. The van der Waals surface area contributed by atoms with E-state index in [9.17, 15) is 22.8 Å². The first kappa shape index (κ1) is 28.8. The monoisotopic (exact) mass is 518 g/mol. The molecule has 34 heavy (non-hydrogen) atoms. The molecule has 0 atom stereocenters. The number of hydrogen-bond acceptors (Lipinski definition) is 4. The van der Waals surface area contributed by atoms with Gasteiger partial charge in [-0.05, 0) is 43.3 Å². The fourth-order valence-electron chi connectivity index (χ4n) is 2.96. The van der Waals surface area contributed by atoms with E-state index in [2.05, 4.69) is 15.6 Å². The van der Waals surface area contributed by atoms with Crippen molar-refractivity contribution in [3.8, 4) is 11.1 Å². The van der Waals surface area contributed by atoms with Crippen molar-refractivity contribution < 1.29 is 27.2 Å². The number of rotatable bonds is 7. The smallest absolute Gasteiger partial charge is 0.258 e. The van der Waals surface area contributed by atoms with Crippen LogP contribution in [-0.2, 0) is 4.79 Å². The molecule has 4 N–H and O–H groups in total. The molecule has 2 amide bonds. The third-order valence-corrected chi connectivity index (χ3v) is 4.50. The highest BCUT2D eigenvalue weighted by molar-refractivity contribution is 6.07. The van der Waals surface area contributed by atoms with Gasteiger partial charge in [0.25, 0.3) is 5.91 Å². The topological polar surface area (TPSA) is 97.1 Å². The summed E-state index contributed by atoms with van der Waals surface area (Å²) in [5, 5.41) is 4.94. The summed E-state index contributed by atoms with van der Waals surface area (Å²) in [5.41, 5.74) is 3.02. The van der Waals surface area contributed by atoms with E-state index in [4.69, 9.17) is 5.73 Å². The number of carbonyl (C=O) groups is 2. The number of hydrogen-bond donors (Lipinski definition) is 3. The SMILES string of the molecule is Cl.Cl.NCCCC(=O)Nc1ccncc1NC(=O)c1ccc(F)c(-c2c(F)cccc2F)c1F. The first-order valence-corrected chi connectivity index (χ1v) is 9.51. The van der Waals surface area contributed by atoms with Gasteiger partial charge in [0, 0.05) is 12.6 Å². The van der Waals surface area contributed by atoms with Crippen LogP contribution in [0.5, 0.6) is 0 Å². The third kappa shape index (κ3) is 6.43. The van der Waals surface area contributed by atoms with E-state index in [1.807, 2.05) is 0 Å². The van der Waals surface area contributed by atoms with Crippen LogP contribution in [0.4, 0.5) is 28.9 Å². The van der Waals surface area contributed by atoms with Crippen molar-refractivity contribution >= 4 is 48.0 Å². The fourth-order valence-corrected chi connectivity index (χ4v) is 2.96. The lowest BCUT2D eigenvalue weighted by molar-refractivity contribution is -0.116. The summed E-state index contributed by atoms with van der Waals surface area (Å²) in [6.45, 7) is 0.322. The first-order valence-electron chi connectivity index (χ1n) is 9.51. The van der Waals surface area contributed by atoms with Crippen molar-refractivity contribution in [3.63, 3.8) is 0 Å². The van der Waals surface area contributed by atoms with Crippen molar-refractivity contribution in [2.24, 2.45) is 5.73 Å². The molecule has 182 valence electrons. The minimum absolute atomic E-state index is 0. The maximum absolute atomic E-state index is 15.1. The number of pyridine rings is 1. The average molecular weight is 519 g/mol. The number of amides is 2. The van der Waals surface area contributed by atoms with Gasteiger partial charge >= 0.3 is 0 Å². The van der Waals surface area contributed by atoms with Crippen LogP contribution < -0.4 is 16.4 Å². The summed E-state index contributed by atoms with van der Waals surface area (Å²) in [4.78, 5) is 28.5. The molecule has 12 heteroatoms. The van der Waals surface area contributed by atoms with Gasteiger partial charge in [0.15, 0.2) is 0 Å². The molecular formula is C22H20Cl2F4N4O2. The summed E-state index contributed by atoms with van der Waals surface area (Å²) in [6.07, 6.45) is 3.19. The Kier molecular flexibility index (Phi) is 10.9. The van der Waals surface area contributed by atoms with E-state index < -0.39 is 45.9 Å². The zero-order valence-electron chi connectivity index (χ0n) is 17.4. The summed E-state index contributed by atoms with van der Waals surface area (Å²) in [7, 11) is 0. The number of halogens is 6. The van der Waals surface area contributed by atoms with E-state index in [1.165, 1.54) is 18.5 Å². The number of benzene rings is 2. The predicted molar refractivity (Wildman–Crippen MR) is 125 cm³/mol. The lowest BCUT2D eigenvalue weighted by atomic mass is 9.99. The highest BCUT2D eigenvalue weighted by atomic mass is 35.5. The molecule has 6 nitrogen and oxygen atoms in total. The normalized spacial score (nSPS) is 10.0. The van der Waals surface area contributed by atoms with Gasteiger partial charge in [-0.15, -0.1) is 24.8 Å². The largest absolute Gasteiger partial charge is 0.330 e. The molecule has 0 aliphatic heterocycles. The second-order valence-electron chi connectivity index (χ2n) is 6.70. The predicted octanol–water partition coefficient (Wildman–Crippen LogP) is 5.08. The number of aromatic nitrogens is 1. The van der Waals surface area contributed by atoms with Gasteiger partial charge in [-0.3, -0.25) is 14.6 Å². The molecule has 1 aromatic heterocycles. The van der Waals surface area contributed by atoms with Crippen LogP contribution in [0.15, 0.2) is 48.8 Å². The van der Waals surface area contributed by atoms with Crippen LogP contribution in [-0.4, -0.2) is 23.3 Å². The summed E-state index contributed by atoms with van der Waals surface area (Å²) >= 11 is 0. The highest BCUT2D eigenvalue weighted by Crippen LogP contribution is 2.33. The maximum Gasteiger partial charge on any atom is 0.258 e. The zero-order chi connectivity index (χ0) is 23.3. The molecule has 0 saturated heterocycles. The average Bonchev–Trinajstić information content (AvgIpc) is 2.75. The Morgan fingerprint density at radius 3 is 2.15 bits per heavy atom. The van der Waals surface area contributed by atoms with Crippen LogP contribution in [0, 0.1) is 23.3 Å². The quantitative estimate of drug-likeness (QED) is 0.380. The van der Waals surface area contributed by atoms with Crippen LogP contribution in [0.3, 0.4) is 0 Å². The lowest BCUT2D eigenvalue weighted by Gasteiger charge is -2.14. The second-order valence-corrected chi connectivity index (χ2v) is 6.70. The van der Waals surface area contributed by atoms with Crippen LogP contribution >= 0.6 is 24.8 Å². The molecule has 1 heterocycles. The minimum atomic E-state index is -1.44. The maximum atomic E-state index is 15.1. The fraction of sp³-hybridized carbons (Fsp3) is 0.136. The number of nitrogens with zero attached hydrogens (tertiary/aromatic N) is 1. The van der Waals surface area contributed by atoms with Crippen molar-refractivity contribution in [3.05, 3.63) is 77.6 Å². The zero-order valence-corrected chi connectivity index (χ0v) is 19.0. The van der Waals surface area contributed by atoms with Crippen LogP contribution in [0.25, 0.3) is 11.1 Å². The van der Waals surface area contributed by atoms with Crippen LogP contribution in [0.1, 0.15) is 23.2 Å². The number of anilines is 2. The van der Waals surface area contributed by atoms with E-state index >= 15 is 4.39 Å². The van der Waals surface area contributed by atoms with Gasteiger partial charge in [-0.2, -0.15) is 0 Å². The molecule has 0 unspecified atom stereocenters. The summed E-state index contributed by atoms with van der Waals surface area (Å²) in [5.74, 6) is -6.44. The van der Waals surface area contributed by atoms with Gasteiger partial charge in [-0.1, -0.05) is 6.07 Å². The molecular weight excluding hydrogens is 499 g/mol. The Balaban J connectivity index is 0.00000289. The first-order chi connectivity index (χ1) is 15.3. The lowest BCUT2D eigenvalue weighted by Crippen LogP contribution is -2.18. The summed E-state index contributed by atoms with van der Waals surface area (Å²) in [6, 6.07) is 5.73. The van der Waals surface area contributed by atoms with Gasteiger partial charge < -0.3 is 16.4 Å². The van der Waals surface area contributed by atoms with Gasteiger partial charge in [-0.25, -0.2) is 17.6 Å². The van der Waals surface area contributed by atoms with Gasteiger partial charge in [0.1, 0.15) is 23.3 Å². The third-order valence-electron chi connectivity index (χ3n) is 4.50. The highest BCUT2D eigenvalue weighted by Gasteiger charge is 2.25. The van der Waals surface area contributed by atoms with Gasteiger partial charge in [0.05, 0.1) is 34.3 Å². The number of carbonyl (C=O) groups excluding carboxylic acids is 2. The Morgan fingerprint density at radius 1 is 0.853 bits per heavy atom. The van der Waals surface area contributed by atoms with Gasteiger partial charge in [0.2, 0.25) is 5.91 Å². The molecule has 2 aromatic carbocycles. The summed E-state index contributed by atoms with van der Waals surface area (Å²) < 4.78 is 57.6. The van der Waals surface area contributed by atoms with E-state index in [-0.39, 0.29) is 48.5 Å². The Bertz CT molecular complexity index is 1160. The Hall–Kier alpha value is -3.21. The minimum Gasteiger partial charge on any atom is -0.330 e. The Labute approximate surface area is 204 Å². The van der Waals surface area contributed by atoms with E-state index in [1.54, 1.807) is 0 Å².